The van der Waals surface area contributed by atoms with E-state index in [4.69, 9.17) is 9.47 Å². The van der Waals surface area contributed by atoms with Gasteiger partial charge >= 0.3 is 0 Å². The molecule has 1 heterocycles. The van der Waals surface area contributed by atoms with Crippen molar-refractivity contribution in [2.24, 2.45) is 5.10 Å². The predicted octanol–water partition coefficient (Wildman–Crippen LogP) is 4.42. The Morgan fingerprint density at radius 3 is 2.53 bits per heavy atom. The fraction of sp³-hybridized carbons (Fsp3) is 0.250. The van der Waals surface area contributed by atoms with Crippen LogP contribution in [0.1, 0.15) is 34.3 Å². The Morgan fingerprint density at radius 2 is 1.81 bits per heavy atom. The summed E-state index contributed by atoms with van der Waals surface area (Å²) in [5, 5.41) is 6.86. The Morgan fingerprint density at radius 1 is 1.03 bits per heavy atom. The highest BCUT2D eigenvalue weighted by molar-refractivity contribution is 7.98. The van der Waals surface area contributed by atoms with Gasteiger partial charge in [0.25, 0.3) is 11.8 Å². The Balaban J connectivity index is 1.17. The van der Waals surface area contributed by atoms with E-state index in [-0.39, 0.29) is 24.5 Å². The third-order valence-electron chi connectivity index (χ3n) is 5.55. The van der Waals surface area contributed by atoms with Crippen LogP contribution in [-0.2, 0) is 15.3 Å². The average molecular weight is 504 g/mol. The lowest BCUT2D eigenvalue weighted by Crippen LogP contribution is -2.35. The van der Waals surface area contributed by atoms with E-state index in [0.29, 0.717) is 17.9 Å². The SMILES string of the molecule is O=C(COc1ccc(/C=N\NC(=O)c2ccc(CSc3ccccc3)cc2)cc1)NC[C@H]1CCCO1. The molecule has 0 aromatic heterocycles. The zero-order chi connectivity index (χ0) is 25.0. The highest BCUT2D eigenvalue weighted by Gasteiger charge is 2.16. The molecule has 2 N–H and O–H groups in total. The monoisotopic (exact) mass is 503 g/mol. The van der Waals surface area contributed by atoms with Crippen LogP contribution in [0.25, 0.3) is 0 Å². The molecule has 186 valence electrons. The molecule has 3 aromatic carbocycles. The molecule has 0 unspecified atom stereocenters. The number of nitrogens with zero attached hydrogens (tertiary/aromatic N) is 1. The van der Waals surface area contributed by atoms with E-state index in [1.807, 2.05) is 30.3 Å². The van der Waals surface area contributed by atoms with Gasteiger partial charge in [-0.25, -0.2) is 5.43 Å². The molecule has 4 rings (SSSR count). The maximum Gasteiger partial charge on any atom is 0.271 e. The maximum absolute atomic E-state index is 12.4. The minimum Gasteiger partial charge on any atom is -0.484 e. The molecule has 0 spiro atoms. The Labute approximate surface area is 215 Å². The summed E-state index contributed by atoms with van der Waals surface area (Å²) < 4.78 is 11.0. The van der Waals surface area contributed by atoms with Gasteiger partial charge in [0.15, 0.2) is 6.61 Å². The Bertz CT molecular complexity index is 1150. The highest BCUT2D eigenvalue weighted by atomic mass is 32.2. The van der Waals surface area contributed by atoms with E-state index >= 15 is 0 Å². The Kier molecular flexibility index (Phi) is 9.53. The Hall–Kier alpha value is -3.62. The lowest BCUT2D eigenvalue weighted by molar-refractivity contribution is -0.123. The van der Waals surface area contributed by atoms with Crippen LogP contribution >= 0.6 is 11.8 Å². The number of ether oxygens (including phenoxy) is 2. The third kappa shape index (κ3) is 8.25. The fourth-order valence-electron chi connectivity index (χ4n) is 3.55. The molecule has 2 amide bonds. The molecule has 1 aliphatic rings. The molecule has 1 fully saturated rings. The van der Waals surface area contributed by atoms with Gasteiger partial charge in [0.05, 0.1) is 12.3 Å². The number of thioether (sulfide) groups is 1. The number of benzene rings is 3. The lowest BCUT2D eigenvalue weighted by Gasteiger charge is -2.11. The van der Waals surface area contributed by atoms with Crippen molar-refractivity contribution in [3.8, 4) is 5.75 Å². The van der Waals surface area contributed by atoms with Gasteiger partial charge in [0.2, 0.25) is 0 Å². The molecule has 0 saturated carbocycles. The van der Waals surface area contributed by atoms with Crippen LogP contribution in [-0.4, -0.2) is 43.9 Å². The first kappa shape index (κ1) is 25.5. The van der Waals surface area contributed by atoms with Crippen molar-refractivity contribution in [2.45, 2.75) is 29.6 Å². The van der Waals surface area contributed by atoms with Gasteiger partial charge in [-0.3, -0.25) is 9.59 Å². The van der Waals surface area contributed by atoms with Crippen molar-refractivity contribution in [3.05, 3.63) is 95.6 Å². The largest absolute Gasteiger partial charge is 0.484 e. The second kappa shape index (κ2) is 13.5. The number of hydrogen-bond acceptors (Lipinski definition) is 6. The van der Waals surface area contributed by atoms with Crippen molar-refractivity contribution in [3.63, 3.8) is 0 Å². The third-order valence-corrected chi connectivity index (χ3v) is 6.63. The fourth-order valence-corrected chi connectivity index (χ4v) is 4.42. The second-order valence-corrected chi connectivity index (χ2v) is 9.34. The summed E-state index contributed by atoms with van der Waals surface area (Å²) in [5.41, 5.74) is 5.03. The highest BCUT2D eigenvalue weighted by Crippen LogP contribution is 2.22. The molecule has 0 aliphatic carbocycles. The van der Waals surface area contributed by atoms with E-state index in [9.17, 15) is 9.59 Å². The number of carbonyl (C=O) groups is 2. The average Bonchev–Trinajstić information content (AvgIpc) is 3.45. The van der Waals surface area contributed by atoms with Crippen LogP contribution in [0.2, 0.25) is 0 Å². The van der Waals surface area contributed by atoms with Crippen molar-refractivity contribution in [1.82, 2.24) is 10.7 Å². The van der Waals surface area contributed by atoms with Crippen LogP contribution in [0.5, 0.6) is 5.75 Å². The lowest BCUT2D eigenvalue weighted by atomic mass is 10.1. The summed E-state index contributed by atoms with van der Waals surface area (Å²) in [4.78, 5) is 25.5. The minimum absolute atomic E-state index is 0.0556. The second-order valence-electron chi connectivity index (χ2n) is 8.29. The van der Waals surface area contributed by atoms with Crippen LogP contribution in [0, 0.1) is 0 Å². The van der Waals surface area contributed by atoms with Crippen LogP contribution in [0.3, 0.4) is 0 Å². The molecule has 1 atom stereocenters. The van der Waals surface area contributed by atoms with Crippen LogP contribution in [0.15, 0.2) is 88.9 Å². The van der Waals surface area contributed by atoms with Gasteiger partial charge in [-0.15, -0.1) is 11.8 Å². The molecule has 36 heavy (non-hydrogen) atoms. The summed E-state index contributed by atoms with van der Waals surface area (Å²) in [6.45, 7) is 1.22. The van der Waals surface area contributed by atoms with Crippen molar-refractivity contribution < 1.29 is 19.1 Å². The summed E-state index contributed by atoms with van der Waals surface area (Å²) in [6, 6.07) is 24.8. The molecule has 1 aliphatic heterocycles. The van der Waals surface area contributed by atoms with Crippen molar-refractivity contribution >= 4 is 29.8 Å². The molecule has 0 radical (unpaired) electrons. The smallest absolute Gasteiger partial charge is 0.271 e. The quantitative estimate of drug-likeness (QED) is 0.230. The van der Waals surface area contributed by atoms with E-state index in [0.717, 1.165) is 36.3 Å². The van der Waals surface area contributed by atoms with Gasteiger partial charge in [-0.05, 0) is 72.5 Å². The van der Waals surface area contributed by atoms with Crippen LogP contribution < -0.4 is 15.5 Å². The van der Waals surface area contributed by atoms with Gasteiger partial charge in [-0.2, -0.15) is 5.10 Å². The zero-order valence-corrected chi connectivity index (χ0v) is 20.7. The number of nitrogens with one attached hydrogen (secondary N) is 2. The number of rotatable bonds is 11. The van der Waals surface area contributed by atoms with Crippen molar-refractivity contribution in [2.75, 3.05) is 19.8 Å². The van der Waals surface area contributed by atoms with E-state index in [1.54, 1.807) is 54.4 Å². The molecule has 0 bridgehead atoms. The van der Waals surface area contributed by atoms with Gasteiger partial charge in [0, 0.05) is 29.4 Å². The topological polar surface area (TPSA) is 89.0 Å². The van der Waals surface area contributed by atoms with Crippen LogP contribution in [0.4, 0.5) is 0 Å². The molecule has 1 saturated heterocycles. The first-order valence-corrected chi connectivity index (χ1v) is 12.9. The van der Waals surface area contributed by atoms with Gasteiger partial charge < -0.3 is 14.8 Å². The number of hydrazone groups is 1. The van der Waals surface area contributed by atoms with E-state index in [2.05, 4.69) is 28.0 Å². The standard InChI is InChI=1S/C28H29N3O4S/c32-27(29-18-25-5-4-16-34-25)19-35-24-14-10-21(11-15-24)17-30-31-28(33)23-12-8-22(9-13-23)20-36-26-6-2-1-3-7-26/h1-3,6-15,17,25H,4-5,16,18-20H2,(H,29,32)(H,31,33)/b30-17-/t25-/m1/s1. The predicted molar refractivity (Wildman–Crippen MR) is 141 cm³/mol. The number of carbonyl (C=O) groups excluding carboxylic acids is 2. The van der Waals surface area contributed by atoms with E-state index < -0.39 is 0 Å². The molecule has 3 aromatic rings. The minimum atomic E-state index is -0.275. The molecule has 7 nitrogen and oxygen atoms in total. The van der Waals surface area contributed by atoms with Crippen molar-refractivity contribution in [1.29, 1.82) is 0 Å². The van der Waals surface area contributed by atoms with Gasteiger partial charge in [-0.1, -0.05) is 30.3 Å². The summed E-state index contributed by atoms with van der Waals surface area (Å²) in [6.07, 6.45) is 3.68. The summed E-state index contributed by atoms with van der Waals surface area (Å²) in [7, 11) is 0. The normalized spacial score (nSPS) is 15.1. The number of hydrogen-bond donors (Lipinski definition) is 2. The number of amides is 2. The van der Waals surface area contributed by atoms with Gasteiger partial charge in [0.1, 0.15) is 5.75 Å². The molecule has 8 heteroatoms. The van der Waals surface area contributed by atoms with E-state index in [1.165, 1.54) is 4.90 Å². The molecular weight excluding hydrogens is 474 g/mol. The summed E-state index contributed by atoms with van der Waals surface area (Å²) in [5.74, 6) is 0.961. The zero-order valence-electron chi connectivity index (χ0n) is 19.9. The maximum atomic E-state index is 12.4. The first-order chi connectivity index (χ1) is 17.7. The summed E-state index contributed by atoms with van der Waals surface area (Å²) >= 11 is 1.75. The first-order valence-electron chi connectivity index (χ1n) is 11.9. The molecular formula is C28H29N3O4S.